The summed E-state index contributed by atoms with van der Waals surface area (Å²) in [7, 11) is 0. The minimum atomic E-state index is 0.734. The van der Waals surface area contributed by atoms with E-state index in [-0.39, 0.29) is 0 Å². The van der Waals surface area contributed by atoms with Crippen molar-refractivity contribution in [3.05, 3.63) is 17.3 Å². The van der Waals surface area contributed by atoms with E-state index in [1.165, 1.54) is 36.2 Å². The van der Waals surface area contributed by atoms with Gasteiger partial charge in [0.15, 0.2) is 0 Å². The second kappa shape index (κ2) is 4.97. The number of fused-ring (bicyclic) bond motifs is 2. The third-order valence-corrected chi connectivity index (χ3v) is 5.78. The molecule has 2 aliphatic rings. The molecule has 106 valence electrons. The minimum absolute atomic E-state index is 0.734. The smallest absolute Gasteiger partial charge is 0.140 e. The van der Waals surface area contributed by atoms with Gasteiger partial charge in [0.25, 0.3) is 0 Å². The van der Waals surface area contributed by atoms with Crippen LogP contribution < -0.4 is 4.90 Å². The molecule has 0 N–H and O–H groups in total. The predicted molar refractivity (Wildman–Crippen MR) is 83.6 cm³/mol. The Hall–Kier alpha value is -1.20. The fraction of sp³-hybridized carbons (Fsp3) is 0.600. The molecule has 0 amide bonds. The number of anilines is 1. The van der Waals surface area contributed by atoms with Gasteiger partial charge in [0.1, 0.15) is 17.0 Å². The van der Waals surface area contributed by atoms with E-state index < -0.39 is 0 Å². The summed E-state index contributed by atoms with van der Waals surface area (Å²) >= 11 is 1.81. The van der Waals surface area contributed by atoms with Crippen LogP contribution >= 0.6 is 11.3 Å². The van der Waals surface area contributed by atoms with Crippen LogP contribution in [0.25, 0.3) is 10.2 Å². The Kier molecular flexibility index (Phi) is 3.11. The van der Waals surface area contributed by atoms with Crippen LogP contribution in [0.5, 0.6) is 0 Å². The molecule has 4 heterocycles. The van der Waals surface area contributed by atoms with Gasteiger partial charge in [-0.25, -0.2) is 9.97 Å². The van der Waals surface area contributed by atoms with Crippen molar-refractivity contribution in [2.75, 3.05) is 31.1 Å². The van der Waals surface area contributed by atoms with Crippen LogP contribution in [0.2, 0.25) is 0 Å². The molecule has 2 aromatic rings. The second-order valence-electron chi connectivity index (χ2n) is 5.76. The van der Waals surface area contributed by atoms with Crippen molar-refractivity contribution in [1.82, 2.24) is 14.9 Å². The number of hydrogen-bond acceptors (Lipinski definition) is 5. The molecule has 20 heavy (non-hydrogen) atoms. The summed E-state index contributed by atoms with van der Waals surface area (Å²) in [6.07, 6.45) is 5.51. The Bertz CT molecular complexity index is 623. The molecule has 0 bridgehead atoms. The van der Waals surface area contributed by atoms with E-state index in [9.17, 15) is 0 Å². The van der Waals surface area contributed by atoms with Crippen LogP contribution in [0.3, 0.4) is 0 Å². The third kappa shape index (κ3) is 2.00. The number of piperazine rings is 1. The molecule has 0 spiro atoms. The highest BCUT2D eigenvalue weighted by Crippen LogP contribution is 2.32. The first-order chi connectivity index (χ1) is 9.85. The largest absolute Gasteiger partial charge is 0.353 e. The number of hydrogen-bond donors (Lipinski definition) is 0. The monoisotopic (exact) mass is 288 g/mol. The lowest BCUT2D eigenvalue weighted by molar-refractivity contribution is 0.230. The zero-order chi connectivity index (χ0) is 13.5. The number of thiophene rings is 1. The highest BCUT2D eigenvalue weighted by molar-refractivity contribution is 7.18. The lowest BCUT2D eigenvalue weighted by Gasteiger charge is -2.38. The summed E-state index contributed by atoms with van der Waals surface area (Å²) in [5.74, 6) is 1.15. The highest BCUT2D eigenvalue weighted by Gasteiger charge is 2.31. The van der Waals surface area contributed by atoms with Gasteiger partial charge >= 0.3 is 0 Å². The van der Waals surface area contributed by atoms with Gasteiger partial charge in [-0.15, -0.1) is 11.3 Å². The van der Waals surface area contributed by atoms with Crippen molar-refractivity contribution < 1.29 is 0 Å². The molecular weight excluding hydrogens is 268 g/mol. The molecule has 2 fully saturated rings. The van der Waals surface area contributed by atoms with Crippen molar-refractivity contribution in [3.8, 4) is 0 Å². The molecule has 2 aromatic heterocycles. The summed E-state index contributed by atoms with van der Waals surface area (Å²) in [6, 6.07) is 3.02. The molecular formula is C15H20N4S. The molecule has 0 aliphatic carbocycles. The van der Waals surface area contributed by atoms with Gasteiger partial charge in [-0.2, -0.15) is 0 Å². The Morgan fingerprint density at radius 1 is 1.30 bits per heavy atom. The minimum Gasteiger partial charge on any atom is -0.353 e. The van der Waals surface area contributed by atoms with Crippen molar-refractivity contribution in [2.45, 2.75) is 32.2 Å². The van der Waals surface area contributed by atoms with Gasteiger partial charge in [-0.3, -0.25) is 4.90 Å². The molecule has 1 atom stereocenters. The van der Waals surface area contributed by atoms with Gasteiger partial charge in [-0.05, 0) is 31.9 Å². The van der Waals surface area contributed by atoms with Crippen LogP contribution in [0.1, 0.15) is 24.6 Å². The lowest BCUT2D eigenvalue weighted by Crippen LogP contribution is -2.50. The van der Waals surface area contributed by atoms with E-state index in [4.69, 9.17) is 0 Å². The number of rotatable bonds is 2. The number of nitrogens with zero attached hydrogens (tertiary/aromatic N) is 4. The quantitative estimate of drug-likeness (QED) is 0.850. The van der Waals surface area contributed by atoms with Gasteiger partial charge in [-0.1, -0.05) is 6.92 Å². The maximum absolute atomic E-state index is 4.60. The van der Waals surface area contributed by atoms with E-state index in [0.29, 0.717) is 0 Å². The fourth-order valence-electron chi connectivity index (χ4n) is 3.50. The first kappa shape index (κ1) is 12.5. The Morgan fingerprint density at radius 3 is 3.15 bits per heavy atom. The van der Waals surface area contributed by atoms with Crippen molar-refractivity contribution >= 4 is 27.4 Å². The van der Waals surface area contributed by atoms with Gasteiger partial charge in [0, 0.05) is 30.6 Å². The van der Waals surface area contributed by atoms with Crippen LogP contribution in [-0.2, 0) is 6.42 Å². The van der Waals surface area contributed by atoms with Crippen molar-refractivity contribution in [2.24, 2.45) is 0 Å². The van der Waals surface area contributed by atoms with Crippen LogP contribution in [-0.4, -0.2) is 47.1 Å². The lowest BCUT2D eigenvalue weighted by atomic mass is 10.1. The van der Waals surface area contributed by atoms with Gasteiger partial charge in [0.2, 0.25) is 0 Å². The number of aryl methyl sites for hydroxylation is 1. The van der Waals surface area contributed by atoms with E-state index in [1.807, 2.05) is 0 Å². The van der Waals surface area contributed by atoms with Gasteiger partial charge < -0.3 is 4.90 Å². The standard InChI is InChI=1S/C15H20N4S/c1-2-12-8-13-14(16-10-17-15(13)20-12)19-7-6-18-5-3-4-11(18)9-19/h8,10-11H,2-7,9H2,1H3/t11-/m1/s1. The first-order valence-electron chi connectivity index (χ1n) is 7.57. The molecule has 5 heteroatoms. The summed E-state index contributed by atoms with van der Waals surface area (Å²) in [6.45, 7) is 6.90. The summed E-state index contributed by atoms with van der Waals surface area (Å²) < 4.78 is 0. The Labute approximate surface area is 123 Å². The predicted octanol–water partition coefficient (Wildman–Crippen LogP) is 2.54. The van der Waals surface area contributed by atoms with E-state index in [0.717, 1.165) is 36.2 Å². The highest BCUT2D eigenvalue weighted by atomic mass is 32.1. The van der Waals surface area contributed by atoms with Crippen molar-refractivity contribution in [3.63, 3.8) is 0 Å². The molecule has 0 unspecified atom stereocenters. The molecule has 0 aromatic carbocycles. The van der Waals surface area contributed by atoms with Crippen LogP contribution in [0.15, 0.2) is 12.4 Å². The first-order valence-corrected chi connectivity index (χ1v) is 8.39. The number of aromatic nitrogens is 2. The van der Waals surface area contributed by atoms with Crippen molar-refractivity contribution in [1.29, 1.82) is 0 Å². The Morgan fingerprint density at radius 2 is 2.25 bits per heavy atom. The maximum Gasteiger partial charge on any atom is 0.140 e. The second-order valence-corrected chi connectivity index (χ2v) is 6.88. The zero-order valence-electron chi connectivity index (χ0n) is 11.9. The fourth-order valence-corrected chi connectivity index (χ4v) is 4.43. The van der Waals surface area contributed by atoms with Crippen LogP contribution in [0.4, 0.5) is 5.82 Å². The summed E-state index contributed by atoms with van der Waals surface area (Å²) in [4.78, 5) is 16.7. The van der Waals surface area contributed by atoms with Crippen LogP contribution in [0, 0.1) is 0 Å². The summed E-state index contributed by atoms with van der Waals surface area (Å²) in [5.41, 5.74) is 0. The molecule has 0 radical (unpaired) electrons. The van der Waals surface area contributed by atoms with Gasteiger partial charge in [0.05, 0.1) is 5.39 Å². The van der Waals surface area contributed by atoms with E-state index in [1.54, 1.807) is 17.7 Å². The SMILES string of the molecule is CCc1cc2c(N3CCN4CCC[C@@H]4C3)ncnc2s1. The van der Waals surface area contributed by atoms with E-state index in [2.05, 4.69) is 32.8 Å². The topological polar surface area (TPSA) is 32.3 Å². The average molecular weight is 288 g/mol. The Balaban J connectivity index is 1.69. The molecule has 2 aliphatic heterocycles. The zero-order valence-corrected chi connectivity index (χ0v) is 12.7. The van der Waals surface area contributed by atoms with E-state index >= 15 is 0 Å². The third-order valence-electron chi connectivity index (χ3n) is 4.59. The molecule has 4 nitrogen and oxygen atoms in total. The maximum atomic E-state index is 4.60. The molecule has 2 saturated heterocycles. The molecule has 0 saturated carbocycles. The average Bonchev–Trinajstić information content (AvgIpc) is 3.11. The summed E-state index contributed by atoms with van der Waals surface area (Å²) in [5, 5.41) is 1.25. The molecule has 4 rings (SSSR count). The normalized spacial score (nSPS) is 23.4.